The molecule has 0 spiro atoms. The molecule has 1 aliphatic heterocycles. The van der Waals surface area contributed by atoms with E-state index in [4.69, 9.17) is 28.8 Å². The molecule has 0 unspecified atom stereocenters. The Morgan fingerprint density at radius 3 is 2.44 bits per heavy atom. The van der Waals surface area contributed by atoms with Gasteiger partial charge >= 0.3 is 0 Å². The van der Waals surface area contributed by atoms with Crippen molar-refractivity contribution in [3.8, 4) is 17.2 Å². The zero-order valence-corrected chi connectivity index (χ0v) is 18.0. The summed E-state index contributed by atoms with van der Waals surface area (Å²) < 4.78 is 21.5. The van der Waals surface area contributed by atoms with Crippen molar-refractivity contribution >= 4 is 18.3 Å². The Labute approximate surface area is 185 Å². The summed E-state index contributed by atoms with van der Waals surface area (Å²) >= 11 is 0. The summed E-state index contributed by atoms with van der Waals surface area (Å²) in [6.07, 6.45) is -0.888. The molecule has 10 heteroatoms. The number of benzene rings is 2. The van der Waals surface area contributed by atoms with Crippen molar-refractivity contribution in [2.45, 2.75) is 18.7 Å². The van der Waals surface area contributed by atoms with Crippen LogP contribution in [0.3, 0.4) is 0 Å². The van der Waals surface area contributed by atoms with Crippen LogP contribution in [0.5, 0.6) is 17.2 Å². The molecule has 10 nitrogen and oxygen atoms in total. The molecule has 172 valence electrons. The number of morpholine rings is 1. The zero-order chi connectivity index (χ0) is 23.5. The largest absolute Gasteiger partial charge is 0.496 e. The Bertz CT molecular complexity index is 934. The molecule has 32 heavy (non-hydrogen) atoms. The number of amides is 2. The number of ether oxygens (including phenoxy) is 4. The molecule has 1 aliphatic rings. The number of nitrogens with one attached hydrogen (secondary N) is 2. The minimum Gasteiger partial charge on any atom is -0.496 e. The van der Waals surface area contributed by atoms with Gasteiger partial charge < -0.3 is 34.7 Å². The molecule has 1 saturated heterocycles. The van der Waals surface area contributed by atoms with Crippen LogP contribution in [0.25, 0.3) is 0 Å². The number of hydrogen-bond donors (Lipinski definition) is 3. The third kappa shape index (κ3) is 6.11. The molecule has 1 heterocycles. The Morgan fingerprint density at radius 1 is 1.12 bits per heavy atom. The Morgan fingerprint density at radius 2 is 1.78 bits per heavy atom. The molecule has 3 rings (SSSR count). The van der Waals surface area contributed by atoms with Crippen LogP contribution in [0.1, 0.15) is 17.2 Å². The van der Waals surface area contributed by atoms with E-state index in [2.05, 4.69) is 10.6 Å². The second-order valence-electron chi connectivity index (χ2n) is 6.53. The Balaban J connectivity index is 0.00000114. The van der Waals surface area contributed by atoms with Gasteiger partial charge in [0.05, 0.1) is 27.4 Å². The highest BCUT2D eigenvalue weighted by molar-refractivity contribution is 5.86. The van der Waals surface area contributed by atoms with Gasteiger partial charge in [-0.25, -0.2) is 0 Å². The third-order valence-corrected chi connectivity index (χ3v) is 4.68. The van der Waals surface area contributed by atoms with Crippen LogP contribution in [0.2, 0.25) is 0 Å². The Hall–Kier alpha value is -3.79. The topological polar surface area (TPSA) is 132 Å². The second kappa shape index (κ2) is 12.2. The summed E-state index contributed by atoms with van der Waals surface area (Å²) in [5, 5.41) is 12.6. The molecule has 0 aromatic heterocycles. The van der Waals surface area contributed by atoms with E-state index >= 15 is 0 Å². The SMILES string of the molecule is COc1ccccc1CNC(=O)[C@H]1OCC(=O)N[C@@H]1c1ccc(OC)c(OC)c1.O=CO. The van der Waals surface area contributed by atoms with Crippen LogP contribution < -0.4 is 24.8 Å². The average molecular weight is 446 g/mol. The fraction of sp³-hybridized carbons (Fsp3) is 0.318. The molecule has 0 bridgehead atoms. The molecule has 2 amide bonds. The predicted octanol–water partition coefficient (Wildman–Crippen LogP) is 1.29. The number of carbonyl (C=O) groups is 3. The van der Waals surface area contributed by atoms with Crippen molar-refractivity contribution in [1.82, 2.24) is 10.6 Å². The number of rotatable bonds is 7. The predicted molar refractivity (Wildman–Crippen MR) is 114 cm³/mol. The molecular weight excluding hydrogens is 420 g/mol. The van der Waals surface area contributed by atoms with Gasteiger partial charge in [-0.1, -0.05) is 24.3 Å². The summed E-state index contributed by atoms with van der Waals surface area (Å²) in [7, 11) is 4.64. The van der Waals surface area contributed by atoms with Crippen LogP contribution in [-0.4, -0.2) is 57.4 Å². The number of carboxylic acid groups (broad SMARTS) is 1. The number of carbonyl (C=O) groups excluding carboxylic acids is 2. The first-order valence-corrected chi connectivity index (χ1v) is 9.59. The molecule has 0 saturated carbocycles. The fourth-order valence-electron chi connectivity index (χ4n) is 3.22. The third-order valence-electron chi connectivity index (χ3n) is 4.68. The standard InChI is InChI=1S/C21H24N2O6.CH2O2/c1-26-15-7-5-4-6-14(15)11-22-21(25)20-19(23-18(24)12-29-20)13-8-9-16(27-2)17(10-13)28-3;2-1-3/h4-10,19-20H,11-12H2,1-3H3,(H,22,25)(H,23,24);1H,(H,2,3)/t19-,20+;/m1./s1. The monoisotopic (exact) mass is 446 g/mol. The maximum atomic E-state index is 12.9. The lowest BCUT2D eigenvalue weighted by molar-refractivity contribution is -0.148. The van der Waals surface area contributed by atoms with E-state index < -0.39 is 12.1 Å². The van der Waals surface area contributed by atoms with Gasteiger partial charge in [0.25, 0.3) is 12.4 Å². The van der Waals surface area contributed by atoms with Crippen LogP contribution in [0.15, 0.2) is 42.5 Å². The van der Waals surface area contributed by atoms with Gasteiger partial charge in [0, 0.05) is 12.1 Å². The van der Waals surface area contributed by atoms with Gasteiger partial charge in [-0.3, -0.25) is 14.4 Å². The lowest BCUT2D eigenvalue weighted by Crippen LogP contribution is -2.52. The molecular formula is C22H26N2O8. The van der Waals surface area contributed by atoms with E-state index in [1.165, 1.54) is 14.2 Å². The number of methoxy groups -OCH3 is 3. The maximum Gasteiger partial charge on any atom is 0.290 e. The van der Waals surface area contributed by atoms with Crippen molar-refractivity contribution in [3.63, 3.8) is 0 Å². The first-order chi connectivity index (χ1) is 15.5. The molecule has 0 aliphatic carbocycles. The highest BCUT2D eigenvalue weighted by Crippen LogP contribution is 2.32. The van der Waals surface area contributed by atoms with Gasteiger partial charge in [0.15, 0.2) is 17.6 Å². The van der Waals surface area contributed by atoms with Crippen molar-refractivity contribution in [1.29, 1.82) is 0 Å². The minimum absolute atomic E-state index is 0.184. The van der Waals surface area contributed by atoms with E-state index in [9.17, 15) is 9.59 Å². The number of hydrogen-bond acceptors (Lipinski definition) is 7. The highest BCUT2D eigenvalue weighted by Gasteiger charge is 2.36. The van der Waals surface area contributed by atoms with Crippen molar-refractivity contribution in [3.05, 3.63) is 53.6 Å². The molecule has 2 aromatic carbocycles. The summed E-state index contributed by atoms with van der Waals surface area (Å²) in [6.45, 7) is -0.161. The maximum absolute atomic E-state index is 12.9. The first-order valence-electron chi connectivity index (χ1n) is 9.59. The quantitative estimate of drug-likeness (QED) is 0.542. The second-order valence-corrected chi connectivity index (χ2v) is 6.53. The van der Waals surface area contributed by atoms with Crippen LogP contribution in [-0.2, 0) is 25.7 Å². The lowest BCUT2D eigenvalue weighted by Gasteiger charge is -2.32. The van der Waals surface area contributed by atoms with Gasteiger partial charge in [-0.05, 0) is 23.8 Å². The van der Waals surface area contributed by atoms with Crippen LogP contribution >= 0.6 is 0 Å². The lowest BCUT2D eigenvalue weighted by atomic mass is 9.98. The minimum atomic E-state index is -0.888. The molecule has 0 radical (unpaired) electrons. The number of para-hydroxylation sites is 1. The van der Waals surface area contributed by atoms with Crippen molar-refractivity contribution in [2.75, 3.05) is 27.9 Å². The Kier molecular flexibility index (Phi) is 9.30. The molecule has 1 fully saturated rings. The first kappa shape index (κ1) is 24.5. The van der Waals surface area contributed by atoms with Gasteiger partial charge in [0.2, 0.25) is 5.91 Å². The summed E-state index contributed by atoms with van der Waals surface area (Å²) in [5.74, 6) is 1.10. The van der Waals surface area contributed by atoms with Crippen molar-refractivity contribution in [2.24, 2.45) is 0 Å². The van der Waals surface area contributed by atoms with Gasteiger partial charge in [-0.2, -0.15) is 0 Å². The van der Waals surface area contributed by atoms with Crippen LogP contribution in [0, 0.1) is 0 Å². The van der Waals surface area contributed by atoms with Crippen molar-refractivity contribution < 1.29 is 38.4 Å². The van der Waals surface area contributed by atoms with E-state index in [0.717, 1.165) is 5.56 Å². The smallest absolute Gasteiger partial charge is 0.290 e. The van der Waals surface area contributed by atoms with Crippen LogP contribution in [0.4, 0.5) is 0 Å². The molecule has 2 atom stereocenters. The molecule has 3 N–H and O–H groups in total. The fourth-order valence-corrected chi connectivity index (χ4v) is 3.22. The van der Waals surface area contributed by atoms with Gasteiger partial charge in [0.1, 0.15) is 12.4 Å². The van der Waals surface area contributed by atoms with E-state index in [-0.39, 0.29) is 31.4 Å². The summed E-state index contributed by atoms with van der Waals surface area (Å²) in [6, 6.07) is 12.0. The normalized spacial score (nSPS) is 17.2. The van der Waals surface area contributed by atoms with E-state index in [1.54, 1.807) is 25.3 Å². The molecule has 2 aromatic rings. The summed E-state index contributed by atoms with van der Waals surface area (Å²) in [4.78, 5) is 33.1. The zero-order valence-electron chi connectivity index (χ0n) is 18.0. The summed E-state index contributed by atoms with van der Waals surface area (Å²) in [5.41, 5.74) is 1.51. The van der Waals surface area contributed by atoms with Gasteiger partial charge in [-0.15, -0.1) is 0 Å². The average Bonchev–Trinajstić information content (AvgIpc) is 2.82. The van der Waals surface area contributed by atoms with E-state index in [1.807, 2.05) is 24.3 Å². The van der Waals surface area contributed by atoms with E-state index in [0.29, 0.717) is 22.8 Å². The highest BCUT2D eigenvalue weighted by atomic mass is 16.5.